The van der Waals surface area contributed by atoms with Crippen molar-refractivity contribution in [2.24, 2.45) is 0 Å². The summed E-state index contributed by atoms with van der Waals surface area (Å²) >= 11 is 0. The lowest BCUT2D eigenvalue weighted by Crippen LogP contribution is -2.42. The highest BCUT2D eigenvalue weighted by molar-refractivity contribution is 5.43. The van der Waals surface area contributed by atoms with E-state index in [2.05, 4.69) is 14.9 Å². The van der Waals surface area contributed by atoms with Crippen molar-refractivity contribution in [2.45, 2.75) is 50.7 Å². The molecule has 3 heterocycles. The molecular formula is C23H31FN4O2. The minimum Gasteiger partial charge on any atom is -0.393 e. The summed E-state index contributed by atoms with van der Waals surface area (Å²) < 4.78 is 15.0. The number of aliphatic hydroxyl groups is 1. The molecule has 0 bridgehead atoms. The SMILES string of the molecule is O=c1cc(N2CCC(O)CC2)cnn1[C@@H]1CCCN(CCCc2cccc(F)c2)C1. The fourth-order valence-electron chi connectivity index (χ4n) is 4.61. The van der Waals surface area contributed by atoms with Crippen molar-refractivity contribution in [3.05, 3.63) is 58.3 Å². The van der Waals surface area contributed by atoms with Crippen molar-refractivity contribution in [2.75, 3.05) is 37.6 Å². The summed E-state index contributed by atoms with van der Waals surface area (Å²) in [6.45, 7) is 4.31. The molecular weight excluding hydrogens is 383 g/mol. The molecule has 2 aliphatic rings. The number of anilines is 1. The van der Waals surface area contributed by atoms with Crippen LogP contribution in [-0.2, 0) is 6.42 Å². The van der Waals surface area contributed by atoms with Gasteiger partial charge < -0.3 is 14.9 Å². The first kappa shape index (κ1) is 21.0. The van der Waals surface area contributed by atoms with Crippen molar-refractivity contribution < 1.29 is 9.50 Å². The molecule has 4 rings (SSSR count). The number of piperidine rings is 2. The molecule has 2 fully saturated rings. The van der Waals surface area contributed by atoms with Crippen LogP contribution in [0.3, 0.4) is 0 Å². The number of rotatable bonds is 6. The predicted molar refractivity (Wildman–Crippen MR) is 115 cm³/mol. The van der Waals surface area contributed by atoms with Crippen LogP contribution < -0.4 is 10.5 Å². The molecule has 2 aromatic rings. The minimum absolute atomic E-state index is 0.0507. The predicted octanol–water partition coefficient (Wildman–Crippen LogP) is 2.61. The third kappa shape index (κ3) is 5.26. The van der Waals surface area contributed by atoms with E-state index >= 15 is 0 Å². The van der Waals surface area contributed by atoms with Crippen LogP contribution >= 0.6 is 0 Å². The molecule has 0 aliphatic carbocycles. The van der Waals surface area contributed by atoms with Crippen molar-refractivity contribution in [3.63, 3.8) is 0 Å². The second kappa shape index (κ2) is 9.71. The van der Waals surface area contributed by atoms with Gasteiger partial charge in [-0.15, -0.1) is 0 Å². The maximum Gasteiger partial charge on any atom is 0.269 e. The van der Waals surface area contributed by atoms with Crippen LogP contribution in [0, 0.1) is 5.82 Å². The Morgan fingerprint density at radius 2 is 1.97 bits per heavy atom. The standard InChI is InChI=1S/C23H31FN4O2/c24-19-6-1-4-18(14-19)5-2-10-26-11-3-7-20(17-26)28-23(30)15-21(16-25-28)27-12-8-22(29)9-13-27/h1,4,6,14-16,20,22,29H,2-3,5,7-13,17H2/t20-/m1/s1. The Balaban J connectivity index is 1.33. The van der Waals surface area contributed by atoms with E-state index in [9.17, 15) is 14.3 Å². The fraction of sp³-hybridized carbons (Fsp3) is 0.565. The summed E-state index contributed by atoms with van der Waals surface area (Å²) in [4.78, 5) is 17.3. The lowest BCUT2D eigenvalue weighted by atomic mass is 10.0. The van der Waals surface area contributed by atoms with Crippen LogP contribution in [0.25, 0.3) is 0 Å². The molecule has 0 unspecified atom stereocenters. The molecule has 0 saturated carbocycles. The highest BCUT2D eigenvalue weighted by Crippen LogP contribution is 2.22. The Kier molecular flexibility index (Phi) is 6.79. The van der Waals surface area contributed by atoms with Crippen LogP contribution in [0.15, 0.2) is 41.3 Å². The number of nitrogens with zero attached hydrogens (tertiary/aromatic N) is 4. The smallest absolute Gasteiger partial charge is 0.269 e. The van der Waals surface area contributed by atoms with Crippen LogP contribution in [0.2, 0.25) is 0 Å². The minimum atomic E-state index is -0.233. The fourth-order valence-corrected chi connectivity index (χ4v) is 4.61. The molecule has 1 aromatic carbocycles. The number of aryl methyl sites for hydroxylation is 1. The summed E-state index contributed by atoms with van der Waals surface area (Å²) in [6.07, 6.45) is 6.86. The van der Waals surface area contributed by atoms with Gasteiger partial charge in [0.1, 0.15) is 5.82 Å². The van der Waals surface area contributed by atoms with Crippen molar-refractivity contribution in [1.82, 2.24) is 14.7 Å². The van der Waals surface area contributed by atoms with Crippen molar-refractivity contribution >= 4 is 5.69 Å². The van der Waals surface area contributed by atoms with Gasteiger partial charge in [-0.2, -0.15) is 5.10 Å². The van der Waals surface area contributed by atoms with E-state index in [4.69, 9.17) is 0 Å². The monoisotopic (exact) mass is 414 g/mol. The van der Waals surface area contributed by atoms with Crippen LogP contribution in [-0.4, -0.2) is 58.6 Å². The van der Waals surface area contributed by atoms with Gasteiger partial charge in [0.05, 0.1) is 24.0 Å². The summed E-state index contributed by atoms with van der Waals surface area (Å²) in [5.41, 5.74) is 1.83. The zero-order valence-corrected chi connectivity index (χ0v) is 17.4. The topological polar surface area (TPSA) is 61.6 Å². The van der Waals surface area contributed by atoms with Crippen molar-refractivity contribution in [3.8, 4) is 0 Å². The Labute approximate surface area is 176 Å². The lowest BCUT2D eigenvalue weighted by molar-refractivity contribution is 0.145. The summed E-state index contributed by atoms with van der Waals surface area (Å²) in [5, 5.41) is 14.2. The summed E-state index contributed by atoms with van der Waals surface area (Å²) in [6, 6.07) is 8.59. The Morgan fingerprint density at radius 1 is 1.13 bits per heavy atom. The molecule has 0 radical (unpaired) electrons. The molecule has 1 aromatic heterocycles. The highest BCUT2D eigenvalue weighted by atomic mass is 19.1. The second-order valence-electron chi connectivity index (χ2n) is 8.54. The van der Waals surface area contributed by atoms with Gasteiger partial charge in [0.25, 0.3) is 5.56 Å². The normalized spacial score (nSPS) is 21.1. The summed E-state index contributed by atoms with van der Waals surface area (Å²) in [7, 11) is 0. The number of aromatic nitrogens is 2. The molecule has 6 nitrogen and oxygen atoms in total. The molecule has 2 saturated heterocycles. The first-order chi connectivity index (χ1) is 14.6. The van der Waals surface area contributed by atoms with Gasteiger partial charge in [0.2, 0.25) is 0 Å². The lowest BCUT2D eigenvalue weighted by Gasteiger charge is -2.34. The van der Waals surface area contributed by atoms with E-state index in [0.717, 1.165) is 82.5 Å². The zero-order chi connectivity index (χ0) is 20.9. The van der Waals surface area contributed by atoms with Crippen LogP contribution in [0.5, 0.6) is 0 Å². The summed E-state index contributed by atoms with van der Waals surface area (Å²) in [5.74, 6) is -0.180. The first-order valence-corrected chi connectivity index (χ1v) is 11.1. The van der Waals surface area contributed by atoms with Gasteiger partial charge in [-0.05, 0) is 69.3 Å². The van der Waals surface area contributed by atoms with E-state index in [1.54, 1.807) is 29.1 Å². The number of aliphatic hydroxyl groups excluding tert-OH is 1. The number of benzene rings is 1. The largest absolute Gasteiger partial charge is 0.393 e. The van der Waals surface area contributed by atoms with E-state index in [-0.39, 0.29) is 23.5 Å². The van der Waals surface area contributed by atoms with Gasteiger partial charge in [-0.1, -0.05) is 12.1 Å². The Hall–Kier alpha value is -2.25. The molecule has 2 aliphatic heterocycles. The van der Waals surface area contributed by atoms with Gasteiger partial charge in [-0.25, -0.2) is 9.07 Å². The molecule has 1 N–H and O–H groups in total. The van der Waals surface area contributed by atoms with Gasteiger partial charge in [-0.3, -0.25) is 4.79 Å². The molecule has 162 valence electrons. The third-order valence-corrected chi connectivity index (χ3v) is 6.30. The van der Waals surface area contributed by atoms with Gasteiger partial charge >= 0.3 is 0 Å². The van der Waals surface area contributed by atoms with Crippen LogP contribution in [0.4, 0.5) is 10.1 Å². The van der Waals surface area contributed by atoms with Gasteiger partial charge in [0.15, 0.2) is 0 Å². The highest BCUT2D eigenvalue weighted by Gasteiger charge is 2.24. The maximum atomic E-state index is 13.3. The average molecular weight is 415 g/mol. The molecule has 0 amide bonds. The average Bonchev–Trinajstić information content (AvgIpc) is 2.74. The Morgan fingerprint density at radius 3 is 2.73 bits per heavy atom. The first-order valence-electron chi connectivity index (χ1n) is 11.1. The zero-order valence-electron chi connectivity index (χ0n) is 17.4. The number of likely N-dealkylation sites (tertiary alicyclic amines) is 1. The maximum absolute atomic E-state index is 13.3. The van der Waals surface area contributed by atoms with E-state index < -0.39 is 0 Å². The quantitative estimate of drug-likeness (QED) is 0.787. The molecule has 0 spiro atoms. The number of hydrogen-bond acceptors (Lipinski definition) is 5. The van der Waals surface area contributed by atoms with E-state index in [1.807, 2.05) is 6.07 Å². The second-order valence-corrected chi connectivity index (χ2v) is 8.54. The number of hydrogen-bond donors (Lipinski definition) is 1. The van der Waals surface area contributed by atoms with E-state index in [1.165, 1.54) is 6.07 Å². The van der Waals surface area contributed by atoms with Crippen LogP contribution in [0.1, 0.15) is 43.7 Å². The van der Waals surface area contributed by atoms with Gasteiger partial charge in [0, 0.05) is 25.7 Å². The molecule has 1 atom stereocenters. The molecule has 30 heavy (non-hydrogen) atoms. The molecule has 7 heteroatoms. The van der Waals surface area contributed by atoms with E-state index in [0.29, 0.717) is 0 Å². The Bertz CT molecular complexity index is 895. The third-order valence-electron chi connectivity index (χ3n) is 6.30. The van der Waals surface area contributed by atoms with Crippen molar-refractivity contribution in [1.29, 1.82) is 0 Å². The number of halogens is 1.